The average Bonchev–Trinajstić information content (AvgIpc) is 2.97. The molecule has 2 amide bonds. The van der Waals surface area contributed by atoms with Crippen LogP contribution in [0, 0.1) is 13.8 Å². The van der Waals surface area contributed by atoms with Crippen LogP contribution in [0.3, 0.4) is 0 Å². The van der Waals surface area contributed by atoms with Gasteiger partial charge in [-0.2, -0.15) is 0 Å². The van der Waals surface area contributed by atoms with Gasteiger partial charge in [0.15, 0.2) is 0 Å². The highest BCUT2D eigenvalue weighted by molar-refractivity contribution is 5.88. The van der Waals surface area contributed by atoms with E-state index in [2.05, 4.69) is 35.4 Å². The van der Waals surface area contributed by atoms with Gasteiger partial charge in [-0.3, -0.25) is 14.5 Å². The average molecular weight is 402 g/mol. The third kappa shape index (κ3) is 5.50. The molecule has 0 spiro atoms. The molecule has 2 fully saturated rings. The van der Waals surface area contributed by atoms with E-state index < -0.39 is 6.04 Å². The highest BCUT2D eigenvalue weighted by atomic mass is 16.5. The van der Waals surface area contributed by atoms with Crippen molar-refractivity contribution in [3.05, 3.63) is 28.8 Å². The highest BCUT2D eigenvalue weighted by Gasteiger charge is 2.32. The molecule has 3 rings (SSSR count). The van der Waals surface area contributed by atoms with Gasteiger partial charge in [-0.1, -0.05) is 31.7 Å². The van der Waals surface area contributed by atoms with E-state index in [1.165, 1.54) is 36.8 Å². The molecular weight excluding hydrogens is 366 g/mol. The van der Waals surface area contributed by atoms with Gasteiger partial charge in [0.2, 0.25) is 11.8 Å². The molecule has 1 atom stereocenters. The molecule has 0 radical (unpaired) electrons. The Labute approximate surface area is 174 Å². The second kappa shape index (κ2) is 10.1. The van der Waals surface area contributed by atoms with Crippen LogP contribution < -0.4 is 15.4 Å². The number of hydrogen-bond donors (Lipinski definition) is 2. The minimum Gasteiger partial charge on any atom is -0.496 e. The molecule has 1 aliphatic heterocycles. The number of rotatable bonds is 6. The Balaban J connectivity index is 1.66. The van der Waals surface area contributed by atoms with Crippen LogP contribution in [0.2, 0.25) is 0 Å². The van der Waals surface area contributed by atoms with Gasteiger partial charge in [0.25, 0.3) is 0 Å². The van der Waals surface area contributed by atoms with Crippen molar-refractivity contribution in [2.45, 2.75) is 77.4 Å². The smallest absolute Gasteiger partial charge is 0.237 e. The van der Waals surface area contributed by atoms with E-state index in [4.69, 9.17) is 4.74 Å². The fourth-order valence-electron chi connectivity index (χ4n) is 4.52. The number of methoxy groups -OCH3 is 1. The summed E-state index contributed by atoms with van der Waals surface area (Å²) < 4.78 is 5.41. The number of benzene rings is 1. The van der Waals surface area contributed by atoms with Crippen LogP contribution in [0.5, 0.6) is 5.75 Å². The first-order valence-electron chi connectivity index (χ1n) is 10.9. The zero-order chi connectivity index (χ0) is 20.8. The van der Waals surface area contributed by atoms with Gasteiger partial charge >= 0.3 is 0 Å². The van der Waals surface area contributed by atoms with Gasteiger partial charge in [-0.05, 0) is 49.4 Å². The molecule has 6 nitrogen and oxygen atoms in total. The van der Waals surface area contributed by atoms with E-state index in [-0.39, 0.29) is 24.3 Å². The summed E-state index contributed by atoms with van der Waals surface area (Å²) in [6.45, 7) is 6.17. The fraction of sp³-hybridized carbons (Fsp3) is 0.652. The highest BCUT2D eigenvalue weighted by Crippen LogP contribution is 2.26. The minimum absolute atomic E-state index is 0.00779. The van der Waals surface area contributed by atoms with E-state index in [1.807, 2.05) is 6.07 Å². The molecular formula is C23H35N3O3. The zero-order valence-electron chi connectivity index (χ0n) is 18.1. The van der Waals surface area contributed by atoms with Crippen molar-refractivity contribution in [2.24, 2.45) is 0 Å². The fourth-order valence-corrected chi connectivity index (χ4v) is 4.52. The maximum atomic E-state index is 12.7. The van der Waals surface area contributed by atoms with Crippen LogP contribution in [-0.2, 0) is 16.1 Å². The second-order valence-electron chi connectivity index (χ2n) is 8.41. The zero-order valence-corrected chi connectivity index (χ0v) is 18.1. The number of amides is 2. The van der Waals surface area contributed by atoms with E-state index >= 15 is 0 Å². The number of nitrogens with zero attached hydrogens (tertiary/aromatic N) is 1. The normalized spacial score (nSPS) is 21.3. The molecule has 1 saturated carbocycles. The Hall–Kier alpha value is -2.08. The van der Waals surface area contributed by atoms with Gasteiger partial charge in [0, 0.05) is 25.7 Å². The maximum Gasteiger partial charge on any atom is 0.237 e. The number of ether oxygens (including phenoxy) is 1. The molecule has 160 valence electrons. The summed E-state index contributed by atoms with van der Waals surface area (Å²) in [6, 6.07) is 3.89. The molecule has 1 aromatic rings. The Morgan fingerprint density at radius 2 is 1.90 bits per heavy atom. The molecule has 0 bridgehead atoms. The van der Waals surface area contributed by atoms with Crippen LogP contribution in [0.1, 0.15) is 61.6 Å². The first kappa shape index (κ1) is 21.6. The number of hydrogen-bond acceptors (Lipinski definition) is 4. The van der Waals surface area contributed by atoms with Crippen molar-refractivity contribution >= 4 is 11.8 Å². The van der Waals surface area contributed by atoms with Gasteiger partial charge in [0.05, 0.1) is 19.6 Å². The van der Waals surface area contributed by atoms with Crippen molar-refractivity contribution in [3.8, 4) is 5.75 Å². The third-order valence-corrected chi connectivity index (χ3v) is 6.48. The lowest BCUT2D eigenvalue weighted by Crippen LogP contribution is -2.56. The van der Waals surface area contributed by atoms with Crippen LogP contribution in [0.25, 0.3) is 0 Å². The second-order valence-corrected chi connectivity index (χ2v) is 8.41. The maximum absolute atomic E-state index is 12.7. The predicted molar refractivity (Wildman–Crippen MR) is 114 cm³/mol. The lowest BCUT2D eigenvalue weighted by Gasteiger charge is -2.35. The molecule has 6 heteroatoms. The number of nitrogens with one attached hydrogen (secondary N) is 2. The van der Waals surface area contributed by atoms with Crippen molar-refractivity contribution in [1.29, 1.82) is 0 Å². The predicted octanol–water partition coefficient (Wildman–Crippen LogP) is 2.84. The first-order valence-corrected chi connectivity index (χ1v) is 10.9. The van der Waals surface area contributed by atoms with Gasteiger partial charge < -0.3 is 15.4 Å². The summed E-state index contributed by atoms with van der Waals surface area (Å²) in [5, 5.41) is 6.12. The lowest BCUT2D eigenvalue weighted by molar-refractivity contribution is -0.134. The van der Waals surface area contributed by atoms with E-state index in [1.54, 1.807) is 7.11 Å². The minimum atomic E-state index is -0.420. The summed E-state index contributed by atoms with van der Waals surface area (Å²) in [6.07, 6.45) is 7.19. The van der Waals surface area contributed by atoms with Crippen molar-refractivity contribution < 1.29 is 14.3 Å². The van der Waals surface area contributed by atoms with Gasteiger partial charge in [0.1, 0.15) is 5.75 Å². The summed E-state index contributed by atoms with van der Waals surface area (Å²) in [5.41, 5.74) is 3.47. The van der Waals surface area contributed by atoms with E-state index in [9.17, 15) is 9.59 Å². The van der Waals surface area contributed by atoms with Crippen LogP contribution in [0.15, 0.2) is 12.1 Å². The van der Waals surface area contributed by atoms with E-state index in [0.29, 0.717) is 13.1 Å². The Bertz CT molecular complexity index is 726. The topological polar surface area (TPSA) is 70.7 Å². The summed E-state index contributed by atoms with van der Waals surface area (Å²) in [4.78, 5) is 27.4. The molecule has 0 aromatic heterocycles. The van der Waals surface area contributed by atoms with E-state index in [0.717, 1.165) is 30.7 Å². The molecule has 2 aliphatic rings. The molecule has 1 saturated heterocycles. The Morgan fingerprint density at radius 1 is 1.17 bits per heavy atom. The third-order valence-electron chi connectivity index (χ3n) is 6.48. The summed E-state index contributed by atoms with van der Waals surface area (Å²) in [5.74, 6) is 0.823. The van der Waals surface area contributed by atoms with Gasteiger partial charge in [-0.25, -0.2) is 0 Å². The molecule has 1 aliphatic carbocycles. The molecule has 29 heavy (non-hydrogen) atoms. The monoisotopic (exact) mass is 401 g/mol. The summed E-state index contributed by atoms with van der Waals surface area (Å²) in [7, 11) is 1.68. The van der Waals surface area contributed by atoms with Gasteiger partial charge in [-0.15, -0.1) is 0 Å². The molecule has 1 aromatic carbocycles. The van der Waals surface area contributed by atoms with Crippen LogP contribution in [-0.4, -0.2) is 49.0 Å². The standard InChI is InChI=1S/C23H35N3O3/c1-16-17(2)21(29-3)11-10-18(16)15-26-13-12-24-23(28)20(26)14-22(27)25-19-8-6-4-5-7-9-19/h10-11,19-20H,4-9,12-15H2,1-3H3,(H,24,28)(H,25,27)/t20-/m1/s1. The number of piperazine rings is 1. The number of carbonyl (C=O) groups excluding carboxylic acids is 2. The van der Waals surface area contributed by atoms with Crippen molar-refractivity contribution in [1.82, 2.24) is 15.5 Å². The quantitative estimate of drug-likeness (QED) is 0.719. The Morgan fingerprint density at radius 3 is 2.59 bits per heavy atom. The lowest BCUT2D eigenvalue weighted by atomic mass is 10.00. The molecule has 0 unspecified atom stereocenters. The van der Waals surface area contributed by atoms with Crippen LogP contribution >= 0.6 is 0 Å². The summed E-state index contributed by atoms with van der Waals surface area (Å²) >= 11 is 0. The van der Waals surface area contributed by atoms with Crippen molar-refractivity contribution in [2.75, 3.05) is 20.2 Å². The molecule has 2 N–H and O–H groups in total. The van der Waals surface area contributed by atoms with Crippen LogP contribution in [0.4, 0.5) is 0 Å². The first-order chi connectivity index (χ1) is 14.0. The SMILES string of the molecule is COc1ccc(CN2CCNC(=O)[C@H]2CC(=O)NC2CCCCCC2)c(C)c1C. The Kier molecular flexibility index (Phi) is 7.53. The van der Waals surface area contributed by atoms with Crippen molar-refractivity contribution in [3.63, 3.8) is 0 Å². The molecule has 1 heterocycles. The largest absolute Gasteiger partial charge is 0.496 e. The number of carbonyl (C=O) groups is 2.